The van der Waals surface area contributed by atoms with Crippen LogP contribution in [0, 0.1) is 0 Å². The Balaban J connectivity index is 2.00. The molecule has 0 saturated carbocycles. The van der Waals surface area contributed by atoms with Gasteiger partial charge in [-0.3, -0.25) is 4.90 Å². The van der Waals surface area contributed by atoms with Crippen molar-refractivity contribution in [1.29, 1.82) is 0 Å². The molecule has 2 aromatic rings. The van der Waals surface area contributed by atoms with E-state index in [1.807, 2.05) is 24.3 Å². The quantitative estimate of drug-likeness (QED) is 0.654. The molecule has 1 aliphatic rings. The fourth-order valence-corrected chi connectivity index (χ4v) is 3.09. The Labute approximate surface area is 131 Å². The number of fused-ring (bicyclic) bond motifs is 1. The van der Waals surface area contributed by atoms with Crippen LogP contribution in [0.5, 0.6) is 0 Å². The van der Waals surface area contributed by atoms with Crippen LogP contribution in [0.3, 0.4) is 0 Å². The lowest BCUT2D eigenvalue weighted by atomic mass is 10.1. The first kappa shape index (κ1) is 15.1. The third-order valence-electron chi connectivity index (χ3n) is 4.32. The van der Waals surface area contributed by atoms with E-state index < -0.39 is 0 Å². The number of para-hydroxylation sites is 1. The number of anilines is 1. The fourth-order valence-electron chi connectivity index (χ4n) is 3.09. The van der Waals surface area contributed by atoms with Gasteiger partial charge in [0.25, 0.3) is 0 Å². The van der Waals surface area contributed by atoms with Gasteiger partial charge in [-0.15, -0.1) is 0 Å². The number of hydrogen-bond donors (Lipinski definition) is 1. The van der Waals surface area contributed by atoms with Gasteiger partial charge in [0, 0.05) is 18.5 Å². The smallest absolute Gasteiger partial charge is 0.342 e. The normalized spacial score (nSPS) is 15.5. The second kappa shape index (κ2) is 6.97. The van der Waals surface area contributed by atoms with E-state index in [0.717, 1.165) is 49.1 Å². The maximum absolute atomic E-state index is 12.4. The molecule has 3 rings (SSSR count). The van der Waals surface area contributed by atoms with Crippen LogP contribution in [-0.4, -0.2) is 24.5 Å². The zero-order chi connectivity index (χ0) is 15.4. The van der Waals surface area contributed by atoms with Crippen molar-refractivity contribution in [1.82, 2.24) is 4.90 Å². The van der Waals surface area contributed by atoms with E-state index in [0.29, 0.717) is 12.1 Å². The molecule has 1 fully saturated rings. The summed E-state index contributed by atoms with van der Waals surface area (Å²) >= 11 is 0. The first-order valence-electron chi connectivity index (χ1n) is 8.30. The van der Waals surface area contributed by atoms with E-state index >= 15 is 0 Å². The molecule has 4 nitrogen and oxygen atoms in total. The molecule has 0 bridgehead atoms. The molecular weight excluding hydrogens is 276 g/mol. The van der Waals surface area contributed by atoms with Crippen molar-refractivity contribution in [2.24, 2.45) is 0 Å². The highest BCUT2D eigenvalue weighted by atomic mass is 16.4. The van der Waals surface area contributed by atoms with Gasteiger partial charge < -0.3 is 9.73 Å². The molecule has 1 aromatic heterocycles. The monoisotopic (exact) mass is 300 g/mol. The molecule has 118 valence electrons. The van der Waals surface area contributed by atoms with Crippen molar-refractivity contribution in [2.75, 3.05) is 25.0 Å². The molecule has 0 spiro atoms. The fraction of sp³-hybridized carbons (Fsp3) is 0.500. The molecule has 0 unspecified atom stereocenters. The van der Waals surface area contributed by atoms with Crippen molar-refractivity contribution in [2.45, 2.75) is 39.2 Å². The van der Waals surface area contributed by atoms with Gasteiger partial charge in [-0.2, -0.15) is 0 Å². The Kier molecular flexibility index (Phi) is 4.78. The molecular formula is C18H24N2O2. The summed E-state index contributed by atoms with van der Waals surface area (Å²) < 4.78 is 5.53. The molecule has 1 saturated heterocycles. The summed E-state index contributed by atoms with van der Waals surface area (Å²) in [5.41, 5.74) is 2.20. The van der Waals surface area contributed by atoms with Gasteiger partial charge in [-0.05, 0) is 44.5 Å². The summed E-state index contributed by atoms with van der Waals surface area (Å²) in [5.74, 6) is 0. The lowest BCUT2D eigenvalue weighted by molar-refractivity contribution is 0.326. The summed E-state index contributed by atoms with van der Waals surface area (Å²) in [6.45, 7) is 5.88. The highest BCUT2D eigenvalue weighted by Crippen LogP contribution is 2.27. The van der Waals surface area contributed by atoms with E-state index in [1.165, 1.54) is 12.8 Å². The summed E-state index contributed by atoms with van der Waals surface area (Å²) in [7, 11) is 0. The molecule has 0 amide bonds. The minimum absolute atomic E-state index is 0.204. The molecule has 2 heterocycles. The van der Waals surface area contributed by atoms with Crippen LogP contribution in [0.2, 0.25) is 0 Å². The minimum Gasteiger partial charge on any atom is -0.422 e. The summed E-state index contributed by atoms with van der Waals surface area (Å²) in [6, 6.07) is 7.79. The van der Waals surface area contributed by atoms with Crippen molar-refractivity contribution in [3.05, 3.63) is 40.2 Å². The van der Waals surface area contributed by atoms with Gasteiger partial charge in [0.15, 0.2) is 0 Å². The maximum Gasteiger partial charge on any atom is 0.342 e. The van der Waals surface area contributed by atoms with E-state index in [1.54, 1.807) is 0 Å². The molecule has 1 aliphatic heterocycles. The number of likely N-dealkylation sites (tertiary alicyclic amines) is 1. The Morgan fingerprint density at radius 1 is 1.23 bits per heavy atom. The molecule has 0 aliphatic carbocycles. The van der Waals surface area contributed by atoms with Crippen LogP contribution >= 0.6 is 0 Å². The number of unbranched alkanes of at least 4 members (excludes halogenated alkanes) is 1. The van der Waals surface area contributed by atoms with Crippen molar-refractivity contribution < 1.29 is 4.42 Å². The first-order chi connectivity index (χ1) is 10.8. The van der Waals surface area contributed by atoms with Gasteiger partial charge in [-0.25, -0.2) is 4.79 Å². The average Bonchev–Trinajstić information content (AvgIpc) is 3.03. The van der Waals surface area contributed by atoms with Crippen LogP contribution in [0.15, 0.2) is 33.5 Å². The molecule has 4 heteroatoms. The van der Waals surface area contributed by atoms with Gasteiger partial charge in [0.1, 0.15) is 5.58 Å². The van der Waals surface area contributed by atoms with E-state index in [4.69, 9.17) is 4.42 Å². The zero-order valence-electron chi connectivity index (χ0n) is 13.2. The molecule has 1 N–H and O–H groups in total. The minimum atomic E-state index is -0.204. The van der Waals surface area contributed by atoms with Crippen LogP contribution < -0.4 is 10.9 Å². The summed E-state index contributed by atoms with van der Waals surface area (Å²) in [4.78, 5) is 14.8. The number of benzene rings is 1. The highest BCUT2D eigenvalue weighted by molar-refractivity contribution is 5.91. The van der Waals surface area contributed by atoms with Crippen molar-refractivity contribution in [3.63, 3.8) is 0 Å². The van der Waals surface area contributed by atoms with Gasteiger partial charge in [-0.1, -0.05) is 25.5 Å². The Morgan fingerprint density at radius 2 is 2.00 bits per heavy atom. The second-order valence-electron chi connectivity index (χ2n) is 6.00. The number of nitrogens with one attached hydrogen (secondary N) is 1. The first-order valence-corrected chi connectivity index (χ1v) is 8.30. The Morgan fingerprint density at radius 3 is 2.77 bits per heavy atom. The third-order valence-corrected chi connectivity index (χ3v) is 4.32. The lowest BCUT2D eigenvalue weighted by Crippen LogP contribution is -2.24. The van der Waals surface area contributed by atoms with Gasteiger partial charge >= 0.3 is 5.63 Å². The molecule has 0 radical (unpaired) electrons. The van der Waals surface area contributed by atoms with Crippen LogP contribution in [0.25, 0.3) is 11.0 Å². The Bertz CT molecular complexity index is 687. The molecule has 1 aromatic carbocycles. The largest absolute Gasteiger partial charge is 0.422 e. The summed E-state index contributed by atoms with van der Waals surface area (Å²) in [5, 5.41) is 4.49. The van der Waals surface area contributed by atoms with Gasteiger partial charge in [0.2, 0.25) is 0 Å². The number of nitrogens with zero attached hydrogens (tertiary/aromatic N) is 1. The maximum atomic E-state index is 12.4. The Hall–Kier alpha value is -1.81. The summed E-state index contributed by atoms with van der Waals surface area (Å²) in [6.07, 6.45) is 4.67. The average molecular weight is 300 g/mol. The van der Waals surface area contributed by atoms with Gasteiger partial charge in [0.05, 0.1) is 11.3 Å². The highest BCUT2D eigenvalue weighted by Gasteiger charge is 2.19. The SMILES string of the molecule is CCCCNc1c(CN2CCCC2)c(=O)oc2ccccc12. The third kappa shape index (κ3) is 3.17. The van der Waals surface area contributed by atoms with Crippen molar-refractivity contribution >= 4 is 16.7 Å². The lowest BCUT2D eigenvalue weighted by Gasteiger charge is -2.18. The standard InChI is InChI=1S/C18H24N2O2/c1-2-3-10-19-17-14-8-4-5-9-16(14)22-18(21)15(17)13-20-11-6-7-12-20/h4-5,8-9,19H,2-3,6-7,10-13H2,1H3. The molecule has 0 atom stereocenters. The predicted octanol–water partition coefficient (Wildman–Crippen LogP) is 3.60. The van der Waals surface area contributed by atoms with E-state index in [2.05, 4.69) is 17.1 Å². The van der Waals surface area contributed by atoms with E-state index in [-0.39, 0.29) is 5.63 Å². The predicted molar refractivity (Wildman–Crippen MR) is 90.4 cm³/mol. The number of rotatable bonds is 6. The zero-order valence-corrected chi connectivity index (χ0v) is 13.2. The van der Waals surface area contributed by atoms with Crippen LogP contribution in [0.4, 0.5) is 5.69 Å². The molecule has 22 heavy (non-hydrogen) atoms. The van der Waals surface area contributed by atoms with Crippen LogP contribution in [-0.2, 0) is 6.54 Å². The van der Waals surface area contributed by atoms with Crippen LogP contribution in [0.1, 0.15) is 38.2 Å². The van der Waals surface area contributed by atoms with E-state index in [9.17, 15) is 4.79 Å². The second-order valence-corrected chi connectivity index (χ2v) is 6.00. The number of hydrogen-bond acceptors (Lipinski definition) is 4. The topological polar surface area (TPSA) is 45.5 Å². The van der Waals surface area contributed by atoms with Crippen molar-refractivity contribution in [3.8, 4) is 0 Å².